The van der Waals surface area contributed by atoms with Crippen molar-refractivity contribution in [3.05, 3.63) is 29.8 Å². The number of benzene rings is 1. The number of amides is 1. The molecule has 0 aliphatic carbocycles. The fraction of sp³-hybridized carbons (Fsp3) is 0.533. The number of halogens is 1. The van der Waals surface area contributed by atoms with Gasteiger partial charge < -0.3 is 10.0 Å². The molecule has 1 atom stereocenters. The molecule has 0 saturated carbocycles. The third-order valence-electron chi connectivity index (χ3n) is 3.72. The largest absolute Gasteiger partial charge is 0.508 e. The molecule has 1 heterocycles. The Balaban J connectivity index is 2.03. The highest BCUT2D eigenvalue weighted by molar-refractivity contribution is 6.17. The molecule has 104 valence electrons. The molecule has 1 aromatic rings. The Morgan fingerprint density at radius 3 is 2.89 bits per heavy atom. The average Bonchev–Trinajstić information content (AvgIpc) is 2.42. The Labute approximate surface area is 119 Å². The zero-order valence-electron chi connectivity index (χ0n) is 11.0. The Bertz CT molecular complexity index is 434. The third-order valence-corrected chi connectivity index (χ3v) is 3.94. The summed E-state index contributed by atoms with van der Waals surface area (Å²) in [6, 6.07) is 7.29. The first-order valence-corrected chi connectivity index (χ1v) is 7.38. The molecular formula is C15H20ClNO2. The van der Waals surface area contributed by atoms with Crippen LogP contribution >= 0.6 is 11.6 Å². The monoisotopic (exact) mass is 281 g/mol. The van der Waals surface area contributed by atoms with E-state index in [0.29, 0.717) is 11.4 Å². The van der Waals surface area contributed by atoms with Gasteiger partial charge in [-0.05, 0) is 31.7 Å². The maximum absolute atomic E-state index is 12.4. The molecule has 2 rings (SSSR count). The lowest BCUT2D eigenvalue weighted by Gasteiger charge is -2.35. The van der Waals surface area contributed by atoms with Crippen LogP contribution in [0.1, 0.15) is 31.2 Å². The van der Waals surface area contributed by atoms with Crippen molar-refractivity contribution in [3.8, 4) is 5.75 Å². The lowest BCUT2D eigenvalue weighted by atomic mass is 9.98. The summed E-state index contributed by atoms with van der Waals surface area (Å²) in [6.07, 6.45) is 4.39. The third kappa shape index (κ3) is 3.63. The van der Waals surface area contributed by atoms with Gasteiger partial charge in [0.05, 0.1) is 6.42 Å². The highest BCUT2D eigenvalue weighted by Crippen LogP contribution is 2.23. The van der Waals surface area contributed by atoms with Gasteiger partial charge in [-0.25, -0.2) is 0 Å². The molecule has 3 nitrogen and oxygen atoms in total. The normalized spacial score (nSPS) is 19.4. The van der Waals surface area contributed by atoms with Crippen molar-refractivity contribution in [3.63, 3.8) is 0 Å². The smallest absolute Gasteiger partial charge is 0.227 e. The first kappa shape index (κ1) is 14.2. The van der Waals surface area contributed by atoms with Crippen molar-refractivity contribution in [1.29, 1.82) is 0 Å². The summed E-state index contributed by atoms with van der Waals surface area (Å²) in [5.74, 6) is 0.878. The molecule has 0 radical (unpaired) electrons. The maximum Gasteiger partial charge on any atom is 0.227 e. The van der Waals surface area contributed by atoms with Gasteiger partial charge in [0.1, 0.15) is 5.75 Å². The van der Waals surface area contributed by atoms with Crippen LogP contribution in [-0.4, -0.2) is 34.4 Å². The Morgan fingerprint density at radius 1 is 1.37 bits per heavy atom. The first-order chi connectivity index (χ1) is 9.22. The zero-order valence-corrected chi connectivity index (χ0v) is 11.8. The lowest BCUT2D eigenvalue weighted by molar-refractivity contribution is -0.134. The van der Waals surface area contributed by atoms with Gasteiger partial charge in [0.15, 0.2) is 0 Å². The van der Waals surface area contributed by atoms with Crippen LogP contribution in [0, 0.1) is 0 Å². The Kier molecular flexibility index (Phi) is 5.08. The van der Waals surface area contributed by atoms with Gasteiger partial charge >= 0.3 is 0 Å². The Hall–Kier alpha value is -1.22. The van der Waals surface area contributed by atoms with Crippen molar-refractivity contribution in [2.75, 3.05) is 12.4 Å². The van der Waals surface area contributed by atoms with Crippen molar-refractivity contribution >= 4 is 17.5 Å². The minimum Gasteiger partial charge on any atom is -0.508 e. The number of para-hydroxylation sites is 1. The molecule has 1 saturated heterocycles. The van der Waals surface area contributed by atoms with E-state index in [-0.39, 0.29) is 24.1 Å². The number of carbonyl (C=O) groups excluding carboxylic acids is 1. The van der Waals surface area contributed by atoms with E-state index in [0.717, 1.165) is 25.8 Å². The van der Waals surface area contributed by atoms with Crippen LogP contribution < -0.4 is 0 Å². The first-order valence-electron chi connectivity index (χ1n) is 6.84. The van der Waals surface area contributed by atoms with Gasteiger partial charge in [-0.2, -0.15) is 0 Å². The molecule has 1 amide bonds. The second kappa shape index (κ2) is 6.80. The van der Waals surface area contributed by atoms with E-state index in [2.05, 4.69) is 0 Å². The summed E-state index contributed by atoms with van der Waals surface area (Å²) in [4.78, 5) is 14.3. The van der Waals surface area contributed by atoms with E-state index < -0.39 is 0 Å². The minimum absolute atomic E-state index is 0.0938. The maximum atomic E-state index is 12.4. The summed E-state index contributed by atoms with van der Waals surface area (Å²) in [7, 11) is 0. The van der Waals surface area contributed by atoms with Gasteiger partial charge in [-0.15, -0.1) is 11.6 Å². The van der Waals surface area contributed by atoms with Crippen LogP contribution in [-0.2, 0) is 11.2 Å². The van der Waals surface area contributed by atoms with E-state index in [1.165, 1.54) is 6.42 Å². The van der Waals surface area contributed by atoms with E-state index in [1.54, 1.807) is 18.2 Å². The molecule has 0 bridgehead atoms. The van der Waals surface area contributed by atoms with Crippen molar-refractivity contribution < 1.29 is 9.90 Å². The highest BCUT2D eigenvalue weighted by atomic mass is 35.5. The van der Waals surface area contributed by atoms with Gasteiger partial charge in [0, 0.05) is 24.0 Å². The number of nitrogens with zero attached hydrogens (tertiary/aromatic N) is 1. The van der Waals surface area contributed by atoms with E-state index >= 15 is 0 Å². The fourth-order valence-electron chi connectivity index (χ4n) is 2.68. The second-order valence-electron chi connectivity index (χ2n) is 5.02. The SMILES string of the molecule is O=C(Cc1ccccc1O)N1CCCCC1CCCl. The zero-order chi connectivity index (χ0) is 13.7. The van der Waals surface area contributed by atoms with Crippen LogP contribution in [0.5, 0.6) is 5.75 Å². The lowest BCUT2D eigenvalue weighted by Crippen LogP contribution is -2.44. The molecular weight excluding hydrogens is 262 g/mol. The predicted octanol–water partition coefficient (Wildman–Crippen LogP) is 2.94. The molecule has 0 spiro atoms. The second-order valence-corrected chi connectivity index (χ2v) is 5.40. The van der Waals surface area contributed by atoms with E-state index in [1.807, 2.05) is 11.0 Å². The quantitative estimate of drug-likeness (QED) is 0.862. The standard InChI is InChI=1S/C15H20ClNO2/c16-9-8-13-6-3-4-10-17(13)15(19)11-12-5-1-2-7-14(12)18/h1-2,5,7,13,18H,3-4,6,8-11H2. The van der Waals surface area contributed by atoms with Crippen LogP contribution in [0.4, 0.5) is 0 Å². The van der Waals surface area contributed by atoms with Crippen molar-refractivity contribution in [2.45, 2.75) is 38.1 Å². The fourth-order valence-corrected chi connectivity index (χ4v) is 2.93. The van der Waals surface area contributed by atoms with Crippen molar-refractivity contribution in [2.24, 2.45) is 0 Å². The molecule has 1 aliphatic rings. The van der Waals surface area contributed by atoms with Crippen molar-refractivity contribution in [1.82, 2.24) is 4.90 Å². The number of aromatic hydroxyl groups is 1. The van der Waals surface area contributed by atoms with Crippen LogP contribution in [0.3, 0.4) is 0 Å². The van der Waals surface area contributed by atoms with Crippen LogP contribution in [0.25, 0.3) is 0 Å². The van der Waals surface area contributed by atoms with Gasteiger partial charge in [-0.1, -0.05) is 18.2 Å². The predicted molar refractivity (Wildman–Crippen MR) is 76.5 cm³/mol. The van der Waals surface area contributed by atoms with Crippen LogP contribution in [0.2, 0.25) is 0 Å². The molecule has 1 aliphatic heterocycles. The van der Waals surface area contributed by atoms with E-state index in [9.17, 15) is 9.90 Å². The summed E-state index contributed by atoms with van der Waals surface area (Å²) in [5.41, 5.74) is 0.697. The number of alkyl halides is 1. The molecule has 1 fully saturated rings. The summed E-state index contributed by atoms with van der Waals surface area (Å²) < 4.78 is 0. The average molecular weight is 282 g/mol. The topological polar surface area (TPSA) is 40.5 Å². The van der Waals surface area contributed by atoms with Crippen LogP contribution in [0.15, 0.2) is 24.3 Å². The van der Waals surface area contributed by atoms with E-state index in [4.69, 9.17) is 11.6 Å². The highest BCUT2D eigenvalue weighted by Gasteiger charge is 2.26. The minimum atomic E-state index is 0.0938. The molecule has 1 unspecified atom stereocenters. The molecule has 1 N–H and O–H groups in total. The number of hydrogen-bond donors (Lipinski definition) is 1. The number of piperidine rings is 1. The number of hydrogen-bond acceptors (Lipinski definition) is 2. The molecule has 1 aromatic carbocycles. The summed E-state index contributed by atoms with van der Waals surface area (Å²) in [5, 5.41) is 9.74. The number of phenols is 1. The molecule has 4 heteroatoms. The summed E-state index contributed by atoms with van der Waals surface area (Å²) >= 11 is 5.81. The summed E-state index contributed by atoms with van der Waals surface area (Å²) in [6.45, 7) is 0.813. The molecule has 0 aromatic heterocycles. The number of carbonyl (C=O) groups is 1. The van der Waals surface area contributed by atoms with Gasteiger partial charge in [0.25, 0.3) is 0 Å². The number of rotatable bonds is 4. The number of phenolic OH excluding ortho intramolecular Hbond substituents is 1. The Morgan fingerprint density at radius 2 is 2.16 bits per heavy atom. The van der Waals surface area contributed by atoms with Gasteiger partial charge in [-0.3, -0.25) is 4.79 Å². The van der Waals surface area contributed by atoms with Gasteiger partial charge in [0.2, 0.25) is 5.91 Å². The number of likely N-dealkylation sites (tertiary alicyclic amines) is 1. The molecule has 19 heavy (non-hydrogen) atoms.